The summed E-state index contributed by atoms with van der Waals surface area (Å²) in [6.45, 7) is 1.80. The fraction of sp³-hybridized carbons (Fsp3) is 0.625. The topological polar surface area (TPSA) is 49.8 Å². The maximum atomic E-state index is 12.9. The van der Waals surface area contributed by atoms with E-state index in [9.17, 15) is 4.39 Å². The number of alkyl halides is 1. The van der Waals surface area contributed by atoms with Gasteiger partial charge in [-0.25, -0.2) is 4.39 Å². The van der Waals surface area contributed by atoms with E-state index in [-0.39, 0.29) is 12.3 Å². The Bertz CT molecular complexity index is 227. The summed E-state index contributed by atoms with van der Waals surface area (Å²) in [5, 5.41) is 8.56. The highest BCUT2D eigenvalue weighted by atomic mass is 19.1. The van der Waals surface area contributed by atoms with E-state index in [0.29, 0.717) is 17.7 Å². The van der Waals surface area contributed by atoms with Crippen LogP contribution in [0.25, 0.3) is 0 Å². The van der Waals surface area contributed by atoms with Gasteiger partial charge in [-0.05, 0) is 12.3 Å². The van der Waals surface area contributed by atoms with Crippen LogP contribution in [-0.4, -0.2) is 6.17 Å². The molecule has 0 saturated carbocycles. The van der Waals surface area contributed by atoms with Crippen LogP contribution < -0.4 is 5.73 Å². The second-order valence-corrected chi connectivity index (χ2v) is 3.02. The van der Waals surface area contributed by atoms with E-state index in [1.165, 1.54) is 0 Å². The molecule has 1 rings (SSSR count). The average molecular weight is 154 g/mol. The highest BCUT2D eigenvalue weighted by Gasteiger charge is 2.25. The molecule has 0 heterocycles. The van der Waals surface area contributed by atoms with Gasteiger partial charge in [0.05, 0.1) is 6.07 Å². The molecule has 0 aromatic carbocycles. The number of nitrogens with zero attached hydrogens (tertiary/aromatic N) is 1. The van der Waals surface area contributed by atoms with Gasteiger partial charge < -0.3 is 5.73 Å². The molecule has 60 valence electrons. The SMILES string of the molecule is CC1CC(C#N)=C(N)CC1F. The lowest BCUT2D eigenvalue weighted by Crippen LogP contribution is -2.23. The number of nitriles is 1. The van der Waals surface area contributed by atoms with Crippen LogP contribution in [0.4, 0.5) is 4.39 Å². The first-order valence-corrected chi connectivity index (χ1v) is 3.66. The second-order valence-electron chi connectivity index (χ2n) is 3.02. The van der Waals surface area contributed by atoms with Gasteiger partial charge in [-0.15, -0.1) is 0 Å². The van der Waals surface area contributed by atoms with Crippen LogP contribution in [0.3, 0.4) is 0 Å². The van der Waals surface area contributed by atoms with Gasteiger partial charge in [-0.2, -0.15) is 5.26 Å². The van der Waals surface area contributed by atoms with Gasteiger partial charge in [0.15, 0.2) is 0 Å². The van der Waals surface area contributed by atoms with Gasteiger partial charge in [0, 0.05) is 17.7 Å². The quantitative estimate of drug-likeness (QED) is 0.574. The molecule has 1 aliphatic carbocycles. The molecule has 0 aliphatic heterocycles. The molecule has 0 amide bonds. The predicted octanol–water partition coefficient (Wildman–Crippen LogP) is 1.49. The van der Waals surface area contributed by atoms with Crippen molar-refractivity contribution in [2.24, 2.45) is 11.7 Å². The van der Waals surface area contributed by atoms with Gasteiger partial charge in [0.1, 0.15) is 6.17 Å². The zero-order chi connectivity index (χ0) is 8.43. The molecular weight excluding hydrogens is 143 g/mol. The largest absolute Gasteiger partial charge is 0.401 e. The van der Waals surface area contributed by atoms with Gasteiger partial charge in [0.2, 0.25) is 0 Å². The summed E-state index contributed by atoms with van der Waals surface area (Å²) in [4.78, 5) is 0. The smallest absolute Gasteiger partial charge is 0.108 e. The zero-order valence-electron chi connectivity index (χ0n) is 6.47. The lowest BCUT2D eigenvalue weighted by Gasteiger charge is -2.22. The highest BCUT2D eigenvalue weighted by Crippen LogP contribution is 2.28. The Morgan fingerprint density at radius 3 is 2.82 bits per heavy atom. The summed E-state index contributed by atoms with van der Waals surface area (Å²) in [6, 6.07) is 1.99. The second kappa shape index (κ2) is 2.91. The van der Waals surface area contributed by atoms with Crippen molar-refractivity contribution in [3.63, 3.8) is 0 Å². The van der Waals surface area contributed by atoms with Crippen molar-refractivity contribution in [3.8, 4) is 6.07 Å². The molecule has 2 atom stereocenters. The summed E-state index contributed by atoms with van der Waals surface area (Å²) in [6.07, 6.45) is -0.153. The van der Waals surface area contributed by atoms with Crippen molar-refractivity contribution in [1.82, 2.24) is 0 Å². The van der Waals surface area contributed by atoms with Crippen LogP contribution >= 0.6 is 0 Å². The normalized spacial score (nSPS) is 31.7. The molecule has 0 aromatic heterocycles. The van der Waals surface area contributed by atoms with Gasteiger partial charge >= 0.3 is 0 Å². The highest BCUT2D eigenvalue weighted by molar-refractivity contribution is 5.29. The Balaban J connectivity index is 2.81. The van der Waals surface area contributed by atoms with Crippen molar-refractivity contribution in [2.45, 2.75) is 25.9 Å². The molecule has 3 heteroatoms. The van der Waals surface area contributed by atoms with E-state index in [1.54, 1.807) is 6.92 Å². The molecule has 2 N–H and O–H groups in total. The first kappa shape index (κ1) is 8.06. The number of halogens is 1. The number of nitrogens with two attached hydrogens (primary N) is 1. The lowest BCUT2D eigenvalue weighted by molar-refractivity contribution is 0.227. The number of hydrogen-bond acceptors (Lipinski definition) is 2. The third-order valence-electron chi connectivity index (χ3n) is 2.08. The van der Waals surface area contributed by atoms with Crippen LogP contribution in [0, 0.1) is 17.2 Å². The average Bonchev–Trinajstić information content (AvgIpc) is 1.97. The fourth-order valence-corrected chi connectivity index (χ4v) is 1.23. The van der Waals surface area contributed by atoms with Gasteiger partial charge in [-0.1, -0.05) is 6.92 Å². The Morgan fingerprint density at radius 2 is 2.27 bits per heavy atom. The summed E-state index contributed by atoms with van der Waals surface area (Å²) >= 11 is 0. The first-order chi connectivity index (χ1) is 5.15. The maximum absolute atomic E-state index is 12.9. The van der Waals surface area contributed by atoms with Crippen LogP contribution in [0.1, 0.15) is 19.8 Å². The van der Waals surface area contributed by atoms with Crippen molar-refractivity contribution >= 4 is 0 Å². The first-order valence-electron chi connectivity index (χ1n) is 3.66. The van der Waals surface area contributed by atoms with Crippen LogP contribution in [0.2, 0.25) is 0 Å². The van der Waals surface area contributed by atoms with E-state index in [4.69, 9.17) is 11.0 Å². The molecule has 0 spiro atoms. The minimum absolute atomic E-state index is 0.0584. The monoisotopic (exact) mass is 154 g/mol. The predicted molar refractivity (Wildman–Crippen MR) is 40.1 cm³/mol. The van der Waals surface area contributed by atoms with Gasteiger partial charge in [0.25, 0.3) is 0 Å². The van der Waals surface area contributed by atoms with E-state index in [0.717, 1.165) is 0 Å². The Morgan fingerprint density at radius 1 is 1.64 bits per heavy atom. The van der Waals surface area contributed by atoms with Crippen molar-refractivity contribution in [3.05, 3.63) is 11.3 Å². The third kappa shape index (κ3) is 1.51. The third-order valence-corrected chi connectivity index (χ3v) is 2.08. The summed E-state index contributed by atoms with van der Waals surface area (Å²) in [5.74, 6) is -0.0584. The number of allylic oxidation sites excluding steroid dienone is 2. The van der Waals surface area contributed by atoms with Crippen LogP contribution in [-0.2, 0) is 0 Å². The van der Waals surface area contributed by atoms with E-state index >= 15 is 0 Å². The minimum Gasteiger partial charge on any atom is -0.401 e. The molecule has 0 saturated heterocycles. The molecule has 11 heavy (non-hydrogen) atoms. The van der Waals surface area contributed by atoms with E-state index < -0.39 is 6.17 Å². The van der Waals surface area contributed by atoms with Crippen molar-refractivity contribution < 1.29 is 4.39 Å². The van der Waals surface area contributed by atoms with E-state index in [2.05, 4.69) is 0 Å². The summed E-state index contributed by atoms with van der Waals surface area (Å²) in [7, 11) is 0. The van der Waals surface area contributed by atoms with Crippen LogP contribution in [0.15, 0.2) is 11.3 Å². The van der Waals surface area contributed by atoms with Crippen molar-refractivity contribution in [1.29, 1.82) is 5.26 Å². The minimum atomic E-state index is -0.868. The Labute approximate surface area is 65.5 Å². The zero-order valence-corrected chi connectivity index (χ0v) is 6.47. The molecule has 2 unspecified atom stereocenters. The molecule has 0 bridgehead atoms. The molecule has 2 nitrogen and oxygen atoms in total. The molecule has 0 aromatic rings. The summed E-state index contributed by atoms with van der Waals surface area (Å²) < 4.78 is 12.9. The fourth-order valence-electron chi connectivity index (χ4n) is 1.23. The summed E-state index contributed by atoms with van der Waals surface area (Å²) in [5.41, 5.74) is 6.45. The molecule has 1 aliphatic rings. The van der Waals surface area contributed by atoms with Gasteiger partial charge in [-0.3, -0.25) is 0 Å². The standard InChI is InChI=1S/C8H11FN2/c1-5-2-6(4-10)8(11)3-7(5)9/h5,7H,2-3,11H2,1H3. The number of hydrogen-bond donors (Lipinski definition) is 1. The maximum Gasteiger partial charge on any atom is 0.108 e. The molecule has 0 fully saturated rings. The van der Waals surface area contributed by atoms with Crippen LogP contribution in [0.5, 0.6) is 0 Å². The lowest BCUT2D eigenvalue weighted by atomic mass is 9.87. The molecule has 0 radical (unpaired) electrons. The Kier molecular flexibility index (Phi) is 2.13. The van der Waals surface area contributed by atoms with Crippen molar-refractivity contribution in [2.75, 3.05) is 0 Å². The number of rotatable bonds is 0. The molecular formula is C8H11FN2. The Hall–Kier alpha value is -1.04. The van der Waals surface area contributed by atoms with E-state index in [1.807, 2.05) is 6.07 Å².